The van der Waals surface area contributed by atoms with Crippen LogP contribution in [-0.2, 0) is 9.53 Å². The van der Waals surface area contributed by atoms with Crippen molar-refractivity contribution >= 4 is 11.9 Å². The van der Waals surface area contributed by atoms with E-state index in [1.165, 1.54) is 6.20 Å². The van der Waals surface area contributed by atoms with E-state index < -0.39 is 5.41 Å². The number of amides is 1. The Labute approximate surface area is 100 Å². The molecule has 0 fully saturated rings. The number of rotatable bonds is 3. The smallest absolute Gasteiger partial charge is 0.312 e. The summed E-state index contributed by atoms with van der Waals surface area (Å²) in [7, 11) is 0. The van der Waals surface area contributed by atoms with Gasteiger partial charge in [0.15, 0.2) is 6.73 Å². The van der Waals surface area contributed by atoms with Crippen LogP contribution < -0.4 is 5.32 Å². The second-order valence-electron chi connectivity index (χ2n) is 4.57. The van der Waals surface area contributed by atoms with Crippen molar-refractivity contribution in [3.63, 3.8) is 0 Å². The molecule has 0 radical (unpaired) electrons. The van der Waals surface area contributed by atoms with Gasteiger partial charge in [-0.15, -0.1) is 0 Å². The van der Waals surface area contributed by atoms with E-state index in [0.29, 0.717) is 5.56 Å². The van der Waals surface area contributed by atoms with Gasteiger partial charge in [0.1, 0.15) is 0 Å². The quantitative estimate of drug-likeness (QED) is 0.635. The lowest BCUT2D eigenvalue weighted by atomic mass is 9.98. The number of pyridine rings is 1. The van der Waals surface area contributed by atoms with Crippen LogP contribution in [-0.4, -0.2) is 23.6 Å². The van der Waals surface area contributed by atoms with E-state index in [2.05, 4.69) is 10.3 Å². The molecule has 5 heteroatoms. The number of esters is 1. The summed E-state index contributed by atoms with van der Waals surface area (Å²) in [6.45, 7) is 5.11. The standard InChI is InChI=1S/C12H16N2O3/c1-12(2,3)11(16)17-8-14-10(15)9-5-4-6-13-7-9/h4-7H,8H2,1-3H3,(H,14,15). The lowest BCUT2D eigenvalue weighted by molar-refractivity contribution is -0.153. The third kappa shape index (κ3) is 4.22. The molecule has 0 aliphatic heterocycles. The van der Waals surface area contributed by atoms with Gasteiger partial charge in [-0.3, -0.25) is 14.6 Å². The molecule has 0 aromatic carbocycles. The van der Waals surface area contributed by atoms with Gasteiger partial charge in [-0.25, -0.2) is 0 Å². The van der Waals surface area contributed by atoms with Crippen LogP contribution in [0.3, 0.4) is 0 Å². The number of nitrogens with zero attached hydrogens (tertiary/aromatic N) is 1. The van der Waals surface area contributed by atoms with Crippen LogP contribution in [0.4, 0.5) is 0 Å². The molecule has 5 nitrogen and oxygen atoms in total. The van der Waals surface area contributed by atoms with Crippen molar-refractivity contribution in [2.45, 2.75) is 20.8 Å². The first-order valence-corrected chi connectivity index (χ1v) is 5.27. The minimum absolute atomic E-state index is 0.135. The van der Waals surface area contributed by atoms with Crippen LogP contribution in [0.15, 0.2) is 24.5 Å². The largest absolute Gasteiger partial charge is 0.444 e. The number of hydrogen-bond donors (Lipinski definition) is 1. The molecule has 0 bridgehead atoms. The van der Waals surface area contributed by atoms with Gasteiger partial charge in [-0.2, -0.15) is 0 Å². The third-order valence-electron chi connectivity index (χ3n) is 1.97. The van der Waals surface area contributed by atoms with Crippen molar-refractivity contribution in [1.29, 1.82) is 0 Å². The molecule has 1 N–H and O–H groups in total. The summed E-state index contributed by atoms with van der Waals surface area (Å²) >= 11 is 0. The zero-order valence-corrected chi connectivity index (χ0v) is 10.2. The fourth-order valence-electron chi connectivity index (χ4n) is 0.983. The monoisotopic (exact) mass is 236 g/mol. The topological polar surface area (TPSA) is 68.3 Å². The summed E-state index contributed by atoms with van der Waals surface area (Å²) in [4.78, 5) is 26.7. The molecule has 1 aromatic rings. The Hall–Kier alpha value is -1.91. The van der Waals surface area contributed by atoms with Gasteiger partial charge < -0.3 is 10.1 Å². The lowest BCUT2D eigenvalue weighted by Gasteiger charge is -2.16. The molecule has 0 spiro atoms. The van der Waals surface area contributed by atoms with Gasteiger partial charge in [0, 0.05) is 12.4 Å². The summed E-state index contributed by atoms with van der Waals surface area (Å²) in [5.74, 6) is -0.677. The fraction of sp³-hybridized carbons (Fsp3) is 0.417. The van der Waals surface area contributed by atoms with E-state index in [9.17, 15) is 9.59 Å². The number of nitrogens with one attached hydrogen (secondary N) is 1. The molecule has 1 aromatic heterocycles. The van der Waals surface area contributed by atoms with E-state index in [1.807, 2.05) is 0 Å². The lowest BCUT2D eigenvalue weighted by Crippen LogP contribution is -2.31. The first-order chi connectivity index (χ1) is 7.91. The molecular weight excluding hydrogens is 220 g/mol. The molecule has 17 heavy (non-hydrogen) atoms. The van der Waals surface area contributed by atoms with Crippen LogP contribution in [0, 0.1) is 5.41 Å². The SMILES string of the molecule is CC(C)(C)C(=O)OCNC(=O)c1cccnc1. The molecule has 92 valence electrons. The van der Waals surface area contributed by atoms with Crippen molar-refractivity contribution in [2.24, 2.45) is 5.41 Å². The number of aromatic nitrogens is 1. The number of carbonyl (C=O) groups is 2. The van der Waals surface area contributed by atoms with Gasteiger partial charge >= 0.3 is 5.97 Å². The fourth-order valence-corrected chi connectivity index (χ4v) is 0.983. The zero-order chi connectivity index (χ0) is 12.9. The highest BCUT2D eigenvalue weighted by Gasteiger charge is 2.22. The first kappa shape index (κ1) is 13.2. The van der Waals surface area contributed by atoms with Gasteiger partial charge in [0.05, 0.1) is 11.0 Å². The summed E-state index contributed by atoms with van der Waals surface area (Å²) in [6.07, 6.45) is 3.03. The molecule has 0 atom stereocenters. The Balaban J connectivity index is 2.38. The van der Waals surface area contributed by atoms with Gasteiger partial charge in [0.2, 0.25) is 0 Å². The number of carbonyl (C=O) groups excluding carboxylic acids is 2. The average molecular weight is 236 g/mol. The minimum atomic E-state index is -0.570. The molecule has 1 rings (SSSR count). The van der Waals surface area contributed by atoms with Crippen molar-refractivity contribution < 1.29 is 14.3 Å². The summed E-state index contributed by atoms with van der Waals surface area (Å²) < 4.78 is 4.91. The summed E-state index contributed by atoms with van der Waals surface area (Å²) in [5, 5.41) is 2.48. The summed E-state index contributed by atoms with van der Waals surface area (Å²) in [6, 6.07) is 3.30. The average Bonchev–Trinajstić information content (AvgIpc) is 2.28. The van der Waals surface area contributed by atoms with Crippen LogP contribution in [0.25, 0.3) is 0 Å². The van der Waals surface area contributed by atoms with Crippen LogP contribution >= 0.6 is 0 Å². The van der Waals surface area contributed by atoms with Gasteiger partial charge in [0.25, 0.3) is 5.91 Å². The predicted octanol–water partition coefficient (Wildman–Crippen LogP) is 1.36. The Morgan fingerprint density at radius 1 is 1.41 bits per heavy atom. The molecule has 0 aliphatic rings. The minimum Gasteiger partial charge on any atom is -0.444 e. The second kappa shape index (κ2) is 5.43. The molecule has 0 unspecified atom stereocenters. The number of hydrogen-bond acceptors (Lipinski definition) is 4. The maximum Gasteiger partial charge on any atom is 0.312 e. The van der Waals surface area contributed by atoms with Crippen molar-refractivity contribution in [2.75, 3.05) is 6.73 Å². The van der Waals surface area contributed by atoms with E-state index in [0.717, 1.165) is 0 Å². The highest BCUT2D eigenvalue weighted by atomic mass is 16.5. The predicted molar refractivity (Wildman–Crippen MR) is 62.1 cm³/mol. The molecule has 0 saturated carbocycles. The Bertz CT molecular complexity index is 396. The van der Waals surface area contributed by atoms with E-state index in [-0.39, 0.29) is 18.6 Å². The maximum atomic E-state index is 11.5. The van der Waals surface area contributed by atoms with Crippen LogP contribution in [0.1, 0.15) is 31.1 Å². The van der Waals surface area contributed by atoms with E-state index in [4.69, 9.17) is 4.74 Å². The molecule has 1 heterocycles. The normalized spacial score (nSPS) is 10.8. The summed E-state index contributed by atoms with van der Waals surface area (Å²) in [5.41, 5.74) is -0.140. The molecule has 0 aliphatic carbocycles. The van der Waals surface area contributed by atoms with Crippen LogP contribution in [0.5, 0.6) is 0 Å². The van der Waals surface area contributed by atoms with Crippen molar-refractivity contribution in [3.8, 4) is 0 Å². The van der Waals surface area contributed by atoms with Crippen LogP contribution in [0.2, 0.25) is 0 Å². The van der Waals surface area contributed by atoms with Crippen molar-refractivity contribution in [1.82, 2.24) is 10.3 Å². The van der Waals surface area contributed by atoms with Crippen molar-refractivity contribution in [3.05, 3.63) is 30.1 Å². The van der Waals surface area contributed by atoms with E-state index in [1.54, 1.807) is 39.1 Å². The highest BCUT2D eigenvalue weighted by Crippen LogP contribution is 2.14. The molecule has 1 amide bonds. The Kier molecular flexibility index (Phi) is 4.20. The molecular formula is C12H16N2O3. The van der Waals surface area contributed by atoms with Gasteiger partial charge in [-0.1, -0.05) is 0 Å². The highest BCUT2D eigenvalue weighted by molar-refractivity contribution is 5.93. The Morgan fingerprint density at radius 3 is 2.65 bits per heavy atom. The third-order valence-corrected chi connectivity index (χ3v) is 1.97. The second-order valence-corrected chi connectivity index (χ2v) is 4.57. The number of ether oxygens (including phenoxy) is 1. The molecule has 0 saturated heterocycles. The Morgan fingerprint density at radius 2 is 2.12 bits per heavy atom. The van der Waals surface area contributed by atoms with E-state index >= 15 is 0 Å². The van der Waals surface area contributed by atoms with Gasteiger partial charge in [-0.05, 0) is 32.9 Å². The zero-order valence-electron chi connectivity index (χ0n) is 10.2. The maximum absolute atomic E-state index is 11.5. The first-order valence-electron chi connectivity index (χ1n) is 5.27.